The summed E-state index contributed by atoms with van der Waals surface area (Å²) in [6.07, 6.45) is 3.26. The van der Waals surface area contributed by atoms with Crippen LogP contribution < -0.4 is 11.5 Å². The summed E-state index contributed by atoms with van der Waals surface area (Å²) in [5.41, 5.74) is 11.9. The summed E-state index contributed by atoms with van der Waals surface area (Å²) < 4.78 is 12.8. The van der Waals surface area contributed by atoms with Crippen LogP contribution in [0.1, 0.15) is 12.0 Å². The SMILES string of the molecule is NC(=O)C1=CN(Cc2ccc(F)cc2)C=C(C(N)=O)C1. The van der Waals surface area contributed by atoms with Crippen LogP contribution in [0, 0.1) is 5.82 Å². The Morgan fingerprint density at radius 2 is 1.55 bits per heavy atom. The molecule has 5 nitrogen and oxygen atoms in total. The second-order valence-electron chi connectivity index (χ2n) is 4.51. The lowest BCUT2D eigenvalue weighted by Crippen LogP contribution is -2.27. The number of rotatable bonds is 4. The van der Waals surface area contributed by atoms with Crippen LogP contribution in [0.4, 0.5) is 4.39 Å². The van der Waals surface area contributed by atoms with E-state index < -0.39 is 11.8 Å². The molecule has 0 aromatic heterocycles. The maximum atomic E-state index is 12.8. The Hall–Kier alpha value is -2.63. The third-order valence-electron chi connectivity index (χ3n) is 2.94. The van der Waals surface area contributed by atoms with Crippen molar-refractivity contribution >= 4 is 11.8 Å². The van der Waals surface area contributed by atoms with Gasteiger partial charge in [0.25, 0.3) is 0 Å². The zero-order valence-corrected chi connectivity index (χ0v) is 10.7. The van der Waals surface area contributed by atoms with E-state index in [9.17, 15) is 14.0 Å². The Balaban J connectivity index is 2.23. The molecule has 104 valence electrons. The highest BCUT2D eigenvalue weighted by molar-refractivity contribution is 5.98. The quantitative estimate of drug-likeness (QED) is 0.850. The zero-order valence-electron chi connectivity index (χ0n) is 10.7. The number of hydrogen-bond donors (Lipinski definition) is 2. The molecule has 1 heterocycles. The number of primary amides is 2. The summed E-state index contributed by atoms with van der Waals surface area (Å²) in [7, 11) is 0. The zero-order chi connectivity index (χ0) is 14.7. The lowest BCUT2D eigenvalue weighted by Gasteiger charge is -2.23. The van der Waals surface area contributed by atoms with E-state index in [4.69, 9.17) is 11.5 Å². The molecule has 4 N–H and O–H groups in total. The molecule has 1 aliphatic heterocycles. The Morgan fingerprint density at radius 3 is 2.00 bits per heavy atom. The molecular formula is C14H14FN3O2. The summed E-state index contributed by atoms with van der Waals surface area (Å²) in [6.45, 7) is 0.383. The van der Waals surface area contributed by atoms with Crippen LogP contribution in [0.2, 0.25) is 0 Å². The Kier molecular flexibility index (Phi) is 3.84. The van der Waals surface area contributed by atoms with Crippen molar-refractivity contribution < 1.29 is 14.0 Å². The van der Waals surface area contributed by atoms with Gasteiger partial charge in [0.05, 0.1) is 0 Å². The van der Waals surface area contributed by atoms with Crippen molar-refractivity contribution in [3.8, 4) is 0 Å². The van der Waals surface area contributed by atoms with E-state index in [0.717, 1.165) is 5.56 Å². The van der Waals surface area contributed by atoms with Gasteiger partial charge in [-0.15, -0.1) is 0 Å². The highest BCUT2D eigenvalue weighted by Gasteiger charge is 2.19. The van der Waals surface area contributed by atoms with Crippen molar-refractivity contribution in [2.75, 3.05) is 0 Å². The minimum atomic E-state index is -0.596. The van der Waals surface area contributed by atoms with Crippen LogP contribution in [0.3, 0.4) is 0 Å². The fraction of sp³-hybridized carbons (Fsp3) is 0.143. The highest BCUT2D eigenvalue weighted by Crippen LogP contribution is 2.20. The number of benzene rings is 1. The third-order valence-corrected chi connectivity index (χ3v) is 2.94. The van der Waals surface area contributed by atoms with Crippen molar-refractivity contribution in [2.24, 2.45) is 11.5 Å². The molecule has 0 radical (unpaired) electrons. The van der Waals surface area contributed by atoms with Gasteiger partial charge >= 0.3 is 0 Å². The largest absolute Gasteiger partial charge is 0.366 e. The average Bonchev–Trinajstić information content (AvgIpc) is 2.41. The van der Waals surface area contributed by atoms with Crippen molar-refractivity contribution in [3.63, 3.8) is 0 Å². The van der Waals surface area contributed by atoms with Crippen LogP contribution in [0.5, 0.6) is 0 Å². The van der Waals surface area contributed by atoms with E-state index in [-0.39, 0.29) is 12.2 Å². The molecular weight excluding hydrogens is 261 g/mol. The molecule has 0 aliphatic carbocycles. The fourth-order valence-electron chi connectivity index (χ4n) is 1.93. The summed E-state index contributed by atoms with van der Waals surface area (Å²) in [4.78, 5) is 24.2. The van der Waals surface area contributed by atoms with Gasteiger partial charge in [-0.3, -0.25) is 9.59 Å². The molecule has 1 aromatic rings. The molecule has 2 rings (SSSR count). The Morgan fingerprint density at radius 1 is 1.05 bits per heavy atom. The topological polar surface area (TPSA) is 89.4 Å². The summed E-state index contributed by atoms with van der Waals surface area (Å²) in [6, 6.07) is 5.94. The molecule has 6 heteroatoms. The van der Waals surface area contributed by atoms with E-state index in [2.05, 4.69) is 0 Å². The number of amides is 2. The molecule has 20 heavy (non-hydrogen) atoms. The van der Waals surface area contributed by atoms with Gasteiger partial charge in [0.15, 0.2) is 0 Å². The normalized spacial score (nSPS) is 14.6. The van der Waals surface area contributed by atoms with Gasteiger partial charge in [-0.05, 0) is 17.7 Å². The van der Waals surface area contributed by atoms with Crippen LogP contribution in [0.25, 0.3) is 0 Å². The second kappa shape index (κ2) is 5.56. The first-order chi connectivity index (χ1) is 9.45. The van der Waals surface area contributed by atoms with Gasteiger partial charge in [-0.1, -0.05) is 12.1 Å². The minimum absolute atomic E-state index is 0.130. The lowest BCUT2D eigenvalue weighted by atomic mass is 10.0. The monoisotopic (exact) mass is 275 g/mol. The number of halogens is 1. The molecule has 0 spiro atoms. The lowest BCUT2D eigenvalue weighted by molar-refractivity contribution is -0.115. The van der Waals surface area contributed by atoms with Crippen molar-refractivity contribution in [1.82, 2.24) is 4.90 Å². The van der Waals surface area contributed by atoms with Gasteiger partial charge in [0.1, 0.15) is 5.82 Å². The number of carbonyl (C=O) groups excluding carboxylic acids is 2. The average molecular weight is 275 g/mol. The smallest absolute Gasteiger partial charge is 0.246 e. The standard InChI is InChI=1S/C14H14FN3O2/c15-12-3-1-9(2-4-12)6-18-7-10(13(16)19)5-11(8-18)14(17)20/h1-4,7-8H,5-6H2,(H2,16,19)(H2,17,20). The van der Waals surface area contributed by atoms with E-state index in [1.54, 1.807) is 29.4 Å². The van der Waals surface area contributed by atoms with E-state index in [1.165, 1.54) is 12.1 Å². The maximum absolute atomic E-state index is 12.8. The molecule has 0 atom stereocenters. The van der Waals surface area contributed by atoms with E-state index in [1.807, 2.05) is 0 Å². The molecule has 0 fully saturated rings. The summed E-state index contributed by atoms with van der Waals surface area (Å²) >= 11 is 0. The van der Waals surface area contributed by atoms with Crippen molar-refractivity contribution in [1.29, 1.82) is 0 Å². The second-order valence-corrected chi connectivity index (χ2v) is 4.51. The Labute approximate surface area is 115 Å². The number of hydrogen-bond acceptors (Lipinski definition) is 3. The minimum Gasteiger partial charge on any atom is -0.366 e. The molecule has 2 amide bonds. The summed E-state index contributed by atoms with van der Waals surface area (Å²) in [5.74, 6) is -1.52. The number of nitrogens with two attached hydrogens (primary N) is 2. The molecule has 1 aliphatic rings. The third kappa shape index (κ3) is 3.23. The fourth-order valence-corrected chi connectivity index (χ4v) is 1.93. The number of carbonyl (C=O) groups is 2. The van der Waals surface area contributed by atoms with E-state index >= 15 is 0 Å². The predicted octanol–water partition coefficient (Wildman–Crippen LogP) is 0.770. The van der Waals surface area contributed by atoms with Gasteiger partial charge in [0.2, 0.25) is 11.8 Å². The predicted molar refractivity (Wildman–Crippen MR) is 71.1 cm³/mol. The first-order valence-corrected chi connectivity index (χ1v) is 5.97. The van der Waals surface area contributed by atoms with Gasteiger partial charge in [-0.25, -0.2) is 4.39 Å². The van der Waals surface area contributed by atoms with Crippen molar-refractivity contribution in [2.45, 2.75) is 13.0 Å². The molecule has 0 saturated heterocycles. The van der Waals surface area contributed by atoms with Crippen LogP contribution in [-0.4, -0.2) is 16.7 Å². The van der Waals surface area contributed by atoms with Crippen LogP contribution in [-0.2, 0) is 16.1 Å². The molecule has 0 bridgehead atoms. The Bertz CT molecular complexity index is 575. The van der Waals surface area contributed by atoms with Crippen LogP contribution >= 0.6 is 0 Å². The van der Waals surface area contributed by atoms with Gasteiger partial charge in [0, 0.05) is 36.5 Å². The summed E-state index contributed by atoms with van der Waals surface area (Å²) in [5, 5.41) is 0. The first kappa shape index (κ1) is 13.8. The van der Waals surface area contributed by atoms with Gasteiger partial charge < -0.3 is 16.4 Å². The molecule has 0 unspecified atom stereocenters. The van der Waals surface area contributed by atoms with Gasteiger partial charge in [-0.2, -0.15) is 0 Å². The van der Waals surface area contributed by atoms with Crippen molar-refractivity contribution in [3.05, 3.63) is 59.2 Å². The number of nitrogens with zero attached hydrogens (tertiary/aromatic N) is 1. The first-order valence-electron chi connectivity index (χ1n) is 5.97. The molecule has 0 saturated carbocycles. The van der Waals surface area contributed by atoms with Crippen LogP contribution in [0.15, 0.2) is 47.8 Å². The highest BCUT2D eigenvalue weighted by atomic mass is 19.1. The molecule has 1 aromatic carbocycles. The maximum Gasteiger partial charge on any atom is 0.246 e. The van der Waals surface area contributed by atoms with E-state index in [0.29, 0.717) is 17.7 Å².